The van der Waals surface area contributed by atoms with E-state index in [9.17, 15) is 13.2 Å². The Morgan fingerprint density at radius 2 is 1.81 bits per heavy atom. The SMILES string of the molecule is Cc1ccc(S(=O)(=O)N2CCN(CC(=O)NCC(N)C3CC3)CC2)cc1. The third-order valence-corrected chi connectivity index (χ3v) is 7.03. The second-order valence-electron chi connectivity index (χ2n) is 7.30. The fourth-order valence-electron chi connectivity index (χ4n) is 3.17. The molecule has 2 fully saturated rings. The average molecular weight is 381 g/mol. The molecule has 1 aliphatic carbocycles. The van der Waals surface area contributed by atoms with Crippen LogP contribution in [0.2, 0.25) is 0 Å². The second-order valence-corrected chi connectivity index (χ2v) is 9.24. The van der Waals surface area contributed by atoms with Crippen LogP contribution in [0.5, 0.6) is 0 Å². The van der Waals surface area contributed by atoms with Gasteiger partial charge in [-0.2, -0.15) is 4.31 Å². The van der Waals surface area contributed by atoms with Gasteiger partial charge in [0.2, 0.25) is 15.9 Å². The molecule has 7 nitrogen and oxygen atoms in total. The minimum absolute atomic E-state index is 0.0454. The fourth-order valence-corrected chi connectivity index (χ4v) is 4.59. The third-order valence-electron chi connectivity index (χ3n) is 5.12. The summed E-state index contributed by atoms with van der Waals surface area (Å²) in [5.41, 5.74) is 7.02. The molecule has 1 aromatic carbocycles. The Bertz CT molecular complexity index is 723. The van der Waals surface area contributed by atoms with Crippen molar-refractivity contribution in [3.63, 3.8) is 0 Å². The molecule has 144 valence electrons. The number of piperazine rings is 1. The standard InChI is InChI=1S/C18H28N4O3S/c1-14-2-6-16(7-3-14)26(24,25)22-10-8-21(9-11-22)13-18(23)20-12-17(19)15-4-5-15/h2-3,6-7,15,17H,4-5,8-13,19H2,1H3,(H,20,23). The van der Waals surface area contributed by atoms with Gasteiger partial charge in [0.15, 0.2) is 0 Å². The van der Waals surface area contributed by atoms with Crippen LogP contribution < -0.4 is 11.1 Å². The zero-order chi connectivity index (χ0) is 18.7. The molecule has 1 saturated heterocycles. The molecule has 0 spiro atoms. The Hall–Kier alpha value is -1.48. The first-order chi connectivity index (χ1) is 12.4. The molecule has 1 unspecified atom stereocenters. The number of carbonyl (C=O) groups excluding carboxylic acids is 1. The van der Waals surface area contributed by atoms with Gasteiger partial charge in [-0.25, -0.2) is 8.42 Å². The number of nitrogens with zero attached hydrogens (tertiary/aromatic N) is 2. The Labute approximate surface area is 155 Å². The number of nitrogens with one attached hydrogen (secondary N) is 1. The molecule has 26 heavy (non-hydrogen) atoms. The van der Waals surface area contributed by atoms with Crippen molar-refractivity contribution in [2.45, 2.75) is 30.7 Å². The monoisotopic (exact) mass is 380 g/mol. The largest absolute Gasteiger partial charge is 0.353 e. The van der Waals surface area contributed by atoms with E-state index in [0.717, 1.165) is 18.4 Å². The second kappa shape index (κ2) is 8.04. The number of rotatable bonds is 7. The number of aryl methyl sites for hydroxylation is 1. The summed E-state index contributed by atoms with van der Waals surface area (Å²) in [6.45, 7) is 4.62. The summed E-state index contributed by atoms with van der Waals surface area (Å²) in [5, 5.41) is 2.89. The highest BCUT2D eigenvalue weighted by atomic mass is 32.2. The smallest absolute Gasteiger partial charge is 0.243 e. The Morgan fingerprint density at radius 3 is 2.38 bits per heavy atom. The van der Waals surface area contributed by atoms with Crippen LogP contribution in [0.1, 0.15) is 18.4 Å². The van der Waals surface area contributed by atoms with Crippen molar-refractivity contribution in [3.8, 4) is 0 Å². The Balaban J connectivity index is 1.46. The van der Waals surface area contributed by atoms with E-state index in [0.29, 0.717) is 43.5 Å². The molecule has 0 bridgehead atoms. The zero-order valence-electron chi connectivity index (χ0n) is 15.2. The van der Waals surface area contributed by atoms with E-state index in [1.807, 2.05) is 11.8 Å². The van der Waals surface area contributed by atoms with Gasteiger partial charge in [0.05, 0.1) is 11.4 Å². The Kier molecular flexibility index (Phi) is 5.96. The minimum atomic E-state index is -3.47. The van der Waals surface area contributed by atoms with E-state index in [2.05, 4.69) is 5.32 Å². The molecule has 1 aromatic rings. The summed E-state index contributed by atoms with van der Waals surface area (Å²) in [4.78, 5) is 14.4. The lowest BCUT2D eigenvalue weighted by atomic mass is 10.2. The summed E-state index contributed by atoms with van der Waals surface area (Å²) >= 11 is 0. The van der Waals surface area contributed by atoms with Crippen molar-refractivity contribution < 1.29 is 13.2 Å². The molecule has 1 atom stereocenters. The van der Waals surface area contributed by atoms with Gasteiger partial charge in [-0.3, -0.25) is 9.69 Å². The highest BCUT2D eigenvalue weighted by Gasteiger charge is 2.30. The van der Waals surface area contributed by atoms with E-state index in [1.165, 1.54) is 4.31 Å². The number of hydrogen-bond donors (Lipinski definition) is 2. The van der Waals surface area contributed by atoms with Crippen molar-refractivity contribution in [1.29, 1.82) is 0 Å². The minimum Gasteiger partial charge on any atom is -0.353 e. The lowest BCUT2D eigenvalue weighted by molar-refractivity contribution is -0.122. The maximum atomic E-state index is 12.7. The van der Waals surface area contributed by atoms with E-state index in [4.69, 9.17) is 5.73 Å². The molecule has 3 N–H and O–H groups in total. The summed E-state index contributed by atoms with van der Waals surface area (Å²) in [7, 11) is -3.47. The average Bonchev–Trinajstić information content (AvgIpc) is 3.46. The number of nitrogens with two attached hydrogens (primary N) is 1. The molecule has 0 aromatic heterocycles. The maximum Gasteiger partial charge on any atom is 0.243 e. The van der Waals surface area contributed by atoms with Crippen LogP contribution in [-0.4, -0.2) is 68.8 Å². The van der Waals surface area contributed by atoms with Crippen molar-refractivity contribution in [3.05, 3.63) is 29.8 Å². The lowest BCUT2D eigenvalue weighted by Gasteiger charge is -2.33. The van der Waals surface area contributed by atoms with Crippen LogP contribution in [0, 0.1) is 12.8 Å². The molecule has 2 aliphatic rings. The first kappa shape index (κ1) is 19.3. The van der Waals surface area contributed by atoms with Gasteiger partial charge in [-0.1, -0.05) is 17.7 Å². The lowest BCUT2D eigenvalue weighted by Crippen LogP contribution is -2.51. The molecule has 0 radical (unpaired) electrons. The van der Waals surface area contributed by atoms with E-state index < -0.39 is 10.0 Å². The molecule has 3 rings (SSSR count). The Morgan fingerprint density at radius 1 is 1.19 bits per heavy atom. The van der Waals surface area contributed by atoms with Crippen molar-refractivity contribution in [1.82, 2.24) is 14.5 Å². The molecule has 8 heteroatoms. The summed E-state index contributed by atoms with van der Waals surface area (Å²) in [5.74, 6) is 0.516. The molecule has 1 amide bonds. The summed E-state index contributed by atoms with van der Waals surface area (Å²) < 4.78 is 26.9. The molecular formula is C18H28N4O3S. The van der Waals surface area contributed by atoms with Crippen LogP contribution in [-0.2, 0) is 14.8 Å². The van der Waals surface area contributed by atoms with Gasteiger partial charge in [-0.15, -0.1) is 0 Å². The van der Waals surface area contributed by atoms with Crippen LogP contribution in [0.25, 0.3) is 0 Å². The summed E-state index contributed by atoms with van der Waals surface area (Å²) in [6.07, 6.45) is 2.32. The van der Waals surface area contributed by atoms with Crippen molar-refractivity contribution >= 4 is 15.9 Å². The maximum absolute atomic E-state index is 12.7. The van der Waals surface area contributed by atoms with Crippen LogP contribution in [0.3, 0.4) is 0 Å². The molecule has 1 heterocycles. The van der Waals surface area contributed by atoms with Crippen LogP contribution in [0.15, 0.2) is 29.2 Å². The third kappa shape index (κ3) is 4.82. The molecule has 1 aliphatic heterocycles. The van der Waals surface area contributed by atoms with E-state index in [-0.39, 0.29) is 18.5 Å². The van der Waals surface area contributed by atoms with Crippen molar-refractivity contribution in [2.75, 3.05) is 39.3 Å². The summed E-state index contributed by atoms with van der Waals surface area (Å²) in [6, 6.07) is 6.95. The van der Waals surface area contributed by atoms with Gasteiger partial charge in [0.1, 0.15) is 0 Å². The number of sulfonamides is 1. The topological polar surface area (TPSA) is 95.7 Å². The predicted octanol–water partition coefficient (Wildman–Crippen LogP) is 0.155. The number of hydrogen-bond acceptors (Lipinski definition) is 5. The quantitative estimate of drug-likeness (QED) is 0.702. The first-order valence-electron chi connectivity index (χ1n) is 9.18. The molecule has 1 saturated carbocycles. The highest BCUT2D eigenvalue weighted by Crippen LogP contribution is 2.31. The highest BCUT2D eigenvalue weighted by molar-refractivity contribution is 7.89. The fraction of sp³-hybridized carbons (Fsp3) is 0.611. The van der Waals surface area contributed by atoms with Crippen LogP contribution in [0.4, 0.5) is 0 Å². The first-order valence-corrected chi connectivity index (χ1v) is 10.6. The van der Waals surface area contributed by atoms with Crippen LogP contribution >= 0.6 is 0 Å². The predicted molar refractivity (Wildman–Crippen MR) is 100 cm³/mol. The van der Waals surface area contributed by atoms with Gasteiger partial charge in [0, 0.05) is 38.8 Å². The number of benzene rings is 1. The van der Waals surface area contributed by atoms with Gasteiger partial charge in [0.25, 0.3) is 0 Å². The van der Waals surface area contributed by atoms with Gasteiger partial charge in [-0.05, 0) is 37.8 Å². The van der Waals surface area contributed by atoms with Crippen molar-refractivity contribution in [2.24, 2.45) is 11.7 Å². The van der Waals surface area contributed by atoms with Gasteiger partial charge < -0.3 is 11.1 Å². The number of amides is 1. The molecular weight excluding hydrogens is 352 g/mol. The zero-order valence-corrected chi connectivity index (χ0v) is 16.0. The van der Waals surface area contributed by atoms with E-state index in [1.54, 1.807) is 24.3 Å². The normalized spacial score (nSPS) is 20.7. The van der Waals surface area contributed by atoms with E-state index >= 15 is 0 Å². The van der Waals surface area contributed by atoms with Gasteiger partial charge >= 0.3 is 0 Å². The number of carbonyl (C=O) groups is 1.